The summed E-state index contributed by atoms with van der Waals surface area (Å²) in [6.45, 7) is 7.13. The molecular weight excluding hydrogens is 326 g/mol. The van der Waals surface area contributed by atoms with E-state index in [1.165, 1.54) is 18.2 Å². The van der Waals surface area contributed by atoms with Gasteiger partial charge in [0.2, 0.25) is 10.0 Å². The lowest BCUT2D eigenvalue weighted by Crippen LogP contribution is -2.35. The van der Waals surface area contributed by atoms with Gasteiger partial charge >= 0.3 is 0 Å². The molecule has 1 aromatic carbocycles. The number of sulfonamides is 1. The highest BCUT2D eigenvalue weighted by atomic mass is 35.5. The molecule has 0 aromatic heterocycles. The smallest absolute Gasteiger partial charge is 0.253 e. The Labute approximate surface area is 136 Å². The van der Waals surface area contributed by atoms with E-state index in [4.69, 9.17) is 11.6 Å². The standard InChI is InChI=1S/C14H22ClN3O3S/c1-4-18(5-2)9-8-16-14(19)12-10-11(15)6-7-13(12)17-22(3,20)21/h6-7,10,17H,4-5,8-9H2,1-3H3,(H,16,19). The van der Waals surface area contributed by atoms with Crippen LogP contribution in [0.2, 0.25) is 5.02 Å². The molecule has 2 N–H and O–H groups in total. The van der Waals surface area contributed by atoms with Crippen molar-refractivity contribution in [2.75, 3.05) is 37.2 Å². The normalized spacial score (nSPS) is 11.5. The molecule has 0 aliphatic rings. The second-order valence-corrected chi connectivity index (χ2v) is 7.03. The maximum atomic E-state index is 12.2. The number of halogens is 1. The van der Waals surface area contributed by atoms with Crippen molar-refractivity contribution in [3.63, 3.8) is 0 Å². The van der Waals surface area contributed by atoms with Crippen molar-refractivity contribution in [2.45, 2.75) is 13.8 Å². The van der Waals surface area contributed by atoms with Crippen LogP contribution in [0.25, 0.3) is 0 Å². The zero-order valence-electron chi connectivity index (χ0n) is 13.0. The van der Waals surface area contributed by atoms with Crippen LogP contribution in [0.3, 0.4) is 0 Å². The van der Waals surface area contributed by atoms with Crippen LogP contribution in [-0.4, -0.2) is 51.7 Å². The molecule has 0 aliphatic carbocycles. The molecule has 124 valence electrons. The summed E-state index contributed by atoms with van der Waals surface area (Å²) in [5, 5.41) is 3.15. The molecule has 0 aliphatic heterocycles. The highest BCUT2D eigenvalue weighted by molar-refractivity contribution is 7.92. The third-order valence-electron chi connectivity index (χ3n) is 3.13. The van der Waals surface area contributed by atoms with Crippen LogP contribution in [0, 0.1) is 0 Å². The zero-order chi connectivity index (χ0) is 16.8. The van der Waals surface area contributed by atoms with Crippen molar-refractivity contribution >= 4 is 33.2 Å². The molecule has 0 atom stereocenters. The molecule has 0 saturated carbocycles. The average Bonchev–Trinajstić information content (AvgIpc) is 2.44. The fourth-order valence-corrected chi connectivity index (χ4v) is 2.71. The third-order valence-corrected chi connectivity index (χ3v) is 3.96. The molecule has 1 aromatic rings. The van der Waals surface area contributed by atoms with Crippen LogP contribution in [0.4, 0.5) is 5.69 Å². The van der Waals surface area contributed by atoms with E-state index in [0.29, 0.717) is 11.6 Å². The number of rotatable bonds is 8. The lowest BCUT2D eigenvalue weighted by atomic mass is 10.1. The molecule has 1 rings (SSSR count). The highest BCUT2D eigenvalue weighted by Crippen LogP contribution is 2.21. The second kappa shape index (κ2) is 8.36. The van der Waals surface area contributed by atoms with Crippen molar-refractivity contribution in [1.82, 2.24) is 10.2 Å². The Kier molecular flexibility index (Phi) is 7.12. The van der Waals surface area contributed by atoms with Gasteiger partial charge in [0.25, 0.3) is 5.91 Å². The van der Waals surface area contributed by atoms with Crippen LogP contribution < -0.4 is 10.0 Å². The SMILES string of the molecule is CCN(CC)CCNC(=O)c1cc(Cl)ccc1NS(C)(=O)=O. The molecule has 1 amide bonds. The van der Waals surface area contributed by atoms with E-state index < -0.39 is 10.0 Å². The first-order chi connectivity index (χ1) is 10.3. The summed E-state index contributed by atoms with van der Waals surface area (Å²) >= 11 is 5.90. The minimum Gasteiger partial charge on any atom is -0.351 e. The predicted octanol–water partition coefficient (Wildman–Crippen LogP) is 1.78. The van der Waals surface area contributed by atoms with Crippen molar-refractivity contribution in [3.05, 3.63) is 28.8 Å². The number of anilines is 1. The van der Waals surface area contributed by atoms with Gasteiger partial charge in [0.15, 0.2) is 0 Å². The lowest BCUT2D eigenvalue weighted by Gasteiger charge is -2.18. The fraction of sp³-hybridized carbons (Fsp3) is 0.500. The molecule has 8 heteroatoms. The van der Waals surface area contributed by atoms with Gasteiger partial charge < -0.3 is 10.2 Å². The van der Waals surface area contributed by atoms with Gasteiger partial charge in [0.05, 0.1) is 17.5 Å². The van der Waals surface area contributed by atoms with Crippen LogP contribution in [0.15, 0.2) is 18.2 Å². The van der Waals surface area contributed by atoms with E-state index in [0.717, 1.165) is 25.9 Å². The third kappa shape index (κ3) is 6.21. The number of carbonyl (C=O) groups is 1. The van der Waals surface area contributed by atoms with Gasteiger partial charge in [-0.25, -0.2) is 8.42 Å². The Morgan fingerprint density at radius 3 is 2.45 bits per heavy atom. The minimum absolute atomic E-state index is 0.206. The molecule has 6 nitrogen and oxygen atoms in total. The van der Waals surface area contributed by atoms with Crippen LogP contribution in [0.1, 0.15) is 24.2 Å². The second-order valence-electron chi connectivity index (χ2n) is 4.85. The first-order valence-electron chi connectivity index (χ1n) is 7.04. The summed E-state index contributed by atoms with van der Waals surface area (Å²) in [6.07, 6.45) is 1.03. The van der Waals surface area contributed by atoms with Crippen molar-refractivity contribution in [3.8, 4) is 0 Å². The molecule has 0 saturated heterocycles. The summed E-state index contributed by atoms with van der Waals surface area (Å²) in [6, 6.07) is 4.45. The van der Waals surface area contributed by atoms with Crippen LogP contribution in [-0.2, 0) is 10.0 Å². The molecular formula is C14H22ClN3O3S. The number of carbonyl (C=O) groups excluding carboxylic acids is 1. The average molecular weight is 348 g/mol. The minimum atomic E-state index is -3.47. The van der Waals surface area contributed by atoms with Gasteiger partial charge in [0.1, 0.15) is 0 Å². The van der Waals surface area contributed by atoms with Crippen LogP contribution in [0.5, 0.6) is 0 Å². The van der Waals surface area contributed by atoms with E-state index in [-0.39, 0.29) is 17.2 Å². The molecule has 0 unspecified atom stereocenters. The van der Waals surface area contributed by atoms with Crippen molar-refractivity contribution in [1.29, 1.82) is 0 Å². The van der Waals surface area contributed by atoms with Gasteiger partial charge in [-0.1, -0.05) is 25.4 Å². The maximum absolute atomic E-state index is 12.2. The molecule has 0 fully saturated rings. The molecule has 22 heavy (non-hydrogen) atoms. The highest BCUT2D eigenvalue weighted by Gasteiger charge is 2.14. The first-order valence-corrected chi connectivity index (χ1v) is 9.31. The van der Waals surface area contributed by atoms with Gasteiger partial charge in [-0.3, -0.25) is 9.52 Å². The fourth-order valence-electron chi connectivity index (χ4n) is 1.96. The molecule has 0 spiro atoms. The summed E-state index contributed by atoms with van der Waals surface area (Å²) < 4.78 is 25.0. The monoisotopic (exact) mass is 347 g/mol. The Hall–Kier alpha value is -1.31. The number of nitrogens with zero attached hydrogens (tertiary/aromatic N) is 1. The lowest BCUT2D eigenvalue weighted by molar-refractivity contribution is 0.0950. The Bertz CT molecular complexity index is 616. The number of benzene rings is 1. The predicted molar refractivity (Wildman–Crippen MR) is 90.0 cm³/mol. The summed E-state index contributed by atoms with van der Waals surface area (Å²) in [5.74, 6) is -0.360. The molecule has 0 bridgehead atoms. The van der Waals surface area contributed by atoms with E-state index in [2.05, 4.69) is 28.8 Å². The van der Waals surface area contributed by atoms with E-state index in [1.54, 1.807) is 0 Å². The topological polar surface area (TPSA) is 78.5 Å². The quantitative estimate of drug-likeness (QED) is 0.751. The van der Waals surface area contributed by atoms with Crippen molar-refractivity contribution < 1.29 is 13.2 Å². The van der Waals surface area contributed by atoms with Gasteiger partial charge in [-0.15, -0.1) is 0 Å². The van der Waals surface area contributed by atoms with Crippen molar-refractivity contribution in [2.24, 2.45) is 0 Å². The Balaban J connectivity index is 2.81. The number of hydrogen-bond acceptors (Lipinski definition) is 4. The Morgan fingerprint density at radius 2 is 1.91 bits per heavy atom. The summed E-state index contributed by atoms with van der Waals surface area (Å²) in [4.78, 5) is 14.4. The molecule has 0 radical (unpaired) electrons. The van der Waals surface area contributed by atoms with Gasteiger partial charge in [0, 0.05) is 18.1 Å². The largest absolute Gasteiger partial charge is 0.351 e. The number of hydrogen-bond donors (Lipinski definition) is 2. The zero-order valence-corrected chi connectivity index (χ0v) is 14.6. The maximum Gasteiger partial charge on any atom is 0.253 e. The number of amides is 1. The van der Waals surface area contributed by atoms with Gasteiger partial charge in [-0.05, 0) is 31.3 Å². The van der Waals surface area contributed by atoms with E-state index >= 15 is 0 Å². The Morgan fingerprint density at radius 1 is 1.27 bits per heavy atom. The summed E-state index contributed by atoms with van der Waals surface area (Å²) in [7, 11) is -3.47. The van der Waals surface area contributed by atoms with E-state index in [1.807, 2.05) is 0 Å². The summed E-state index contributed by atoms with van der Waals surface area (Å²) in [5.41, 5.74) is 0.421. The van der Waals surface area contributed by atoms with Crippen LogP contribution >= 0.6 is 11.6 Å². The number of nitrogens with one attached hydrogen (secondary N) is 2. The van der Waals surface area contributed by atoms with E-state index in [9.17, 15) is 13.2 Å². The van der Waals surface area contributed by atoms with Gasteiger partial charge in [-0.2, -0.15) is 0 Å². The number of likely N-dealkylation sites (N-methyl/N-ethyl adjacent to an activating group) is 1. The molecule has 0 heterocycles. The first kappa shape index (κ1) is 18.7.